The summed E-state index contributed by atoms with van der Waals surface area (Å²) >= 11 is 0. The monoisotopic (exact) mass is 436 g/mol. The minimum Gasteiger partial charge on any atom is -0.480 e. The first-order chi connectivity index (χ1) is 15.5. The lowest BCUT2D eigenvalue weighted by Gasteiger charge is -2.25. The minimum atomic E-state index is -0.959. The lowest BCUT2D eigenvalue weighted by Crippen LogP contribution is -2.43. The molecule has 2 atom stereocenters. The average molecular weight is 437 g/mol. The molecule has 2 aromatic rings. The molecule has 2 amide bonds. The highest BCUT2D eigenvalue weighted by Gasteiger charge is 2.35. The number of carbonyl (C=O) groups excluding carboxylic acids is 2. The quantitative estimate of drug-likeness (QED) is 0.691. The molecule has 32 heavy (non-hydrogen) atoms. The number of ether oxygens (including phenoxy) is 1. The smallest absolute Gasteiger partial charge is 0.407 e. The number of hydrogen-bond donors (Lipinski definition) is 2. The Kier molecular flexibility index (Phi) is 6.44. The summed E-state index contributed by atoms with van der Waals surface area (Å²) in [5.41, 5.74) is 4.65. The molecule has 0 spiro atoms. The van der Waals surface area contributed by atoms with Crippen molar-refractivity contribution in [2.45, 2.75) is 38.1 Å². The molecular weight excluding hydrogens is 408 g/mol. The molecule has 1 aliphatic carbocycles. The number of hydrogen-bond acceptors (Lipinski definition) is 4. The van der Waals surface area contributed by atoms with Crippen molar-refractivity contribution in [3.05, 3.63) is 59.7 Å². The summed E-state index contributed by atoms with van der Waals surface area (Å²) < 4.78 is 5.51. The van der Waals surface area contributed by atoms with Gasteiger partial charge in [0.05, 0.1) is 0 Å². The molecule has 1 aliphatic heterocycles. The second-order valence-electron chi connectivity index (χ2n) is 8.47. The second kappa shape index (κ2) is 9.42. The van der Waals surface area contributed by atoms with Crippen LogP contribution in [-0.4, -0.2) is 53.7 Å². The van der Waals surface area contributed by atoms with Crippen molar-refractivity contribution >= 4 is 18.0 Å². The number of alkyl carbamates (subject to hydrolysis) is 1. The van der Waals surface area contributed by atoms with Crippen LogP contribution in [0.1, 0.15) is 43.2 Å². The number of fused-ring (bicyclic) bond motifs is 3. The Morgan fingerprint density at radius 1 is 1.09 bits per heavy atom. The van der Waals surface area contributed by atoms with Crippen LogP contribution in [0.4, 0.5) is 4.79 Å². The topological polar surface area (TPSA) is 95.9 Å². The summed E-state index contributed by atoms with van der Waals surface area (Å²) in [7, 11) is 0. The minimum absolute atomic E-state index is 0.00299. The Hall–Kier alpha value is -3.35. The molecule has 1 heterocycles. The van der Waals surface area contributed by atoms with E-state index in [0.717, 1.165) is 11.1 Å². The third-order valence-corrected chi connectivity index (χ3v) is 6.43. The van der Waals surface area contributed by atoms with Crippen LogP contribution in [0.25, 0.3) is 11.1 Å². The van der Waals surface area contributed by atoms with E-state index in [1.165, 1.54) is 16.0 Å². The van der Waals surface area contributed by atoms with E-state index in [4.69, 9.17) is 4.74 Å². The fourth-order valence-corrected chi connectivity index (χ4v) is 4.73. The lowest BCUT2D eigenvalue weighted by molar-refractivity contribution is -0.149. The number of carbonyl (C=O) groups is 3. The number of likely N-dealkylation sites (tertiary alicyclic amines) is 1. The number of aliphatic carboxylic acids is 1. The number of carboxylic acids is 1. The molecule has 1 saturated heterocycles. The largest absolute Gasteiger partial charge is 0.480 e. The van der Waals surface area contributed by atoms with Crippen molar-refractivity contribution in [3.8, 4) is 11.1 Å². The van der Waals surface area contributed by atoms with Gasteiger partial charge in [-0.25, -0.2) is 9.59 Å². The molecule has 0 saturated carbocycles. The fraction of sp³-hybridized carbons (Fsp3) is 0.400. The maximum absolute atomic E-state index is 12.6. The lowest BCUT2D eigenvalue weighted by atomic mass is 9.98. The van der Waals surface area contributed by atoms with Gasteiger partial charge in [-0.2, -0.15) is 0 Å². The number of carboxylic acid groups (broad SMARTS) is 1. The van der Waals surface area contributed by atoms with Gasteiger partial charge < -0.3 is 20.1 Å². The van der Waals surface area contributed by atoms with Gasteiger partial charge in [-0.05, 0) is 41.5 Å². The SMILES string of the molecule is CC(CCNC(=O)OCC1c2ccccc2-c2ccccc21)C(=O)N1CCCC1C(=O)O. The zero-order valence-corrected chi connectivity index (χ0v) is 18.1. The van der Waals surface area contributed by atoms with E-state index in [0.29, 0.717) is 25.8 Å². The van der Waals surface area contributed by atoms with Crippen molar-refractivity contribution in [1.29, 1.82) is 0 Å². The first-order valence-electron chi connectivity index (χ1n) is 11.1. The van der Waals surface area contributed by atoms with Gasteiger partial charge >= 0.3 is 12.1 Å². The molecule has 2 N–H and O–H groups in total. The first kappa shape index (κ1) is 21.9. The van der Waals surface area contributed by atoms with E-state index < -0.39 is 18.1 Å². The molecule has 168 valence electrons. The Labute approximate surface area is 187 Å². The highest BCUT2D eigenvalue weighted by Crippen LogP contribution is 2.44. The van der Waals surface area contributed by atoms with Crippen LogP contribution in [0.2, 0.25) is 0 Å². The van der Waals surface area contributed by atoms with Crippen LogP contribution in [0.5, 0.6) is 0 Å². The molecule has 0 bridgehead atoms. The van der Waals surface area contributed by atoms with Crippen LogP contribution in [-0.2, 0) is 14.3 Å². The molecule has 4 rings (SSSR count). The standard InChI is InChI=1S/C25H28N2O5/c1-16(23(28)27-14-6-11-22(27)24(29)30)12-13-26-25(31)32-15-21-19-9-4-2-7-17(19)18-8-3-5-10-20(18)21/h2-5,7-10,16,21-22H,6,11-15H2,1H3,(H,26,31)(H,29,30). The predicted molar refractivity (Wildman–Crippen MR) is 119 cm³/mol. The second-order valence-corrected chi connectivity index (χ2v) is 8.47. The van der Waals surface area contributed by atoms with Gasteiger partial charge in [-0.1, -0.05) is 55.5 Å². The van der Waals surface area contributed by atoms with Crippen LogP contribution < -0.4 is 5.32 Å². The van der Waals surface area contributed by atoms with E-state index in [-0.39, 0.29) is 30.9 Å². The fourth-order valence-electron chi connectivity index (χ4n) is 4.73. The number of rotatable bonds is 7. The van der Waals surface area contributed by atoms with E-state index in [2.05, 4.69) is 29.6 Å². The molecule has 0 aromatic heterocycles. The summed E-state index contributed by atoms with van der Waals surface area (Å²) in [6, 6.07) is 15.6. The highest BCUT2D eigenvalue weighted by atomic mass is 16.5. The van der Waals surface area contributed by atoms with Gasteiger partial charge in [0.1, 0.15) is 12.6 Å². The van der Waals surface area contributed by atoms with Crippen LogP contribution >= 0.6 is 0 Å². The van der Waals surface area contributed by atoms with E-state index in [1.54, 1.807) is 6.92 Å². The van der Waals surface area contributed by atoms with Crippen LogP contribution in [0.15, 0.2) is 48.5 Å². The Morgan fingerprint density at radius 3 is 2.34 bits per heavy atom. The third-order valence-electron chi connectivity index (χ3n) is 6.43. The molecule has 0 radical (unpaired) electrons. The highest BCUT2D eigenvalue weighted by molar-refractivity contribution is 5.85. The third kappa shape index (κ3) is 4.33. The Bertz CT molecular complexity index is 975. The Balaban J connectivity index is 1.26. The molecule has 7 nitrogen and oxygen atoms in total. The predicted octanol–water partition coefficient (Wildman–Crippen LogP) is 3.63. The Morgan fingerprint density at radius 2 is 1.72 bits per heavy atom. The van der Waals surface area contributed by atoms with Gasteiger partial charge in [0, 0.05) is 24.9 Å². The van der Waals surface area contributed by atoms with Crippen molar-refractivity contribution in [2.24, 2.45) is 5.92 Å². The van der Waals surface area contributed by atoms with Crippen LogP contribution in [0, 0.1) is 5.92 Å². The summed E-state index contributed by atoms with van der Waals surface area (Å²) in [5, 5.41) is 12.0. The van der Waals surface area contributed by atoms with E-state index >= 15 is 0 Å². The molecule has 7 heteroatoms. The van der Waals surface area contributed by atoms with E-state index in [1.807, 2.05) is 24.3 Å². The summed E-state index contributed by atoms with van der Waals surface area (Å²) in [6.45, 7) is 2.76. The van der Waals surface area contributed by atoms with Crippen molar-refractivity contribution in [1.82, 2.24) is 10.2 Å². The van der Waals surface area contributed by atoms with Crippen molar-refractivity contribution in [2.75, 3.05) is 19.7 Å². The van der Waals surface area contributed by atoms with Crippen molar-refractivity contribution < 1.29 is 24.2 Å². The number of amides is 2. The number of benzene rings is 2. The number of nitrogens with zero attached hydrogens (tertiary/aromatic N) is 1. The van der Waals surface area contributed by atoms with Gasteiger partial charge in [-0.15, -0.1) is 0 Å². The number of nitrogens with one attached hydrogen (secondary N) is 1. The van der Waals surface area contributed by atoms with Gasteiger partial charge in [0.2, 0.25) is 5.91 Å². The zero-order valence-electron chi connectivity index (χ0n) is 18.1. The van der Waals surface area contributed by atoms with Gasteiger partial charge in [0.15, 0.2) is 0 Å². The first-order valence-corrected chi connectivity index (χ1v) is 11.1. The normalized spacial score (nSPS) is 18.0. The summed E-state index contributed by atoms with van der Waals surface area (Å²) in [5.74, 6) is -1.51. The zero-order chi connectivity index (χ0) is 22.7. The molecule has 2 unspecified atom stereocenters. The average Bonchev–Trinajstić information content (AvgIpc) is 3.41. The molecule has 2 aromatic carbocycles. The van der Waals surface area contributed by atoms with Crippen molar-refractivity contribution in [3.63, 3.8) is 0 Å². The van der Waals surface area contributed by atoms with Crippen LogP contribution in [0.3, 0.4) is 0 Å². The molecular formula is C25H28N2O5. The molecule has 1 fully saturated rings. The summed E-state index contributed by atoms with van der Waals surface area (Å²) in [4.78, 5) is 37.6. The van der Waals surface area contributed by atoms with E-state index in [9.17, 15) is 19.5 Å². The van der Waals surface area contributed by atoms with Gasteiger partial charge in [0.25, 0.3) is 0 Å². The summed E-state index contributed by atoms with van der Waals surface area (Å²) in [6.07, 6.45) is 1.10. The van der Waals surface area contributed by atoms with Gasteiger partial charge in [-0.3, -0.25) is 4.79 Å². The maximum Gasteiger partial charge on any atom is 0.407 e. The molecule has 2 aliphatic rings. The maximum atomic E-state index is 12.6.